The maximum absolute atomic E-state index is 12.9. The number of hydrogen-bond donors (Lipinski definition) is 1. The number of carbonyl (C=O) groups excluding carboxylic acids is 1. The second-order valence-electron chi connectivity index (χ2n) is 8.74. The highest BCUT2D eigenvalue weighted by molar-refractivity contribution is 6.30. The maximum atomic E-state index is 12.9. The van der Waals surface area contributed by atoms with Crippen LogP contribution in [0.1, 0.15) is 56.6 Å². The van der Waals surface area contributed by atoms with Crippen molar-refractivity contribution < 1.29 is 4.79 Å². The molecule has 0 spiro atoms. The lowest BCUT2D eigenvalue weighted by molar-refractivity contribution is -0.130. The van der Waals surface area contributed by atoms with Crippen molar-refractivity contribution in [2.24, 2.45) is 11.3 Å². The first-order valence-corrected chi connectivity index (χ1v) is 11.5. The average molecular weight is 444 g/mol. The molecule has 160 valence electrons. The third kappa shape index (κ3) is 5.28. The van der Waals surface area contributed by atoms with Gasteiger partial charge in [0.2, 0.25) is 5.91 Å². The number of halogens is 2. The summed E-state index contributed by atoms with van der Waals surface area (Å²) in [5, 5.41) is 4.90. The Kier molecular flexibility index (Phi) is 7.65. The molecule has 2 nitrogen and oxygen atoms in total. The van der Waals surface area contributed by atoms with Crippen molar-refractivity contribution in [2.75, 3.05) is 0 Å². The summed E-state index contributed by atoms with van der Waals surface area (Å²) >= 11 is 12.4. The number of aryl methyl sites for hydroxylation is 1. The number of piperidine rings is 1. The van der Waals surface area contributed by atoms with Crippen LogP contribution >= 0.6 is 23.2 Å². The molecule has 1 heterocycles. The molecule has 0 saturated carbocycles. The zero-order valence-electron chi connectivity index (χ0n) is 17.8. The first-order valence-electron chi connectivity index (χ1n) is 10.8. The number of nitrogens with one attached hydrogen (secondary N) is 1. The van der Waals surface area contributed by atoms with Gasteiger partial charge in [0.25, 0.3) is 0 Å². The number of allylic oxidation sites excluding steroid dienone is 1. The molecule has 4 atom stereocenters. The molecule has 0 aromatic heterocycles. The summed E-state index contributed by atoms with van der Waals surface area (Å²) in [6.07, 6.45) is 6.28. The molecule has 0 aliphatic carbocycles. The van der Waals surface area contributed by atoms with E-state index in [0.29, 0.717) is 6.42 Å². The number of rotatable bonds is 8. The van der Waals surface area contributed by atoms with Crippen LogP contribution in [0.25, 0.3) is 0 Å². The van der Waals surface area contributed by atoms with Crippen LogP contribution in [-0.2, 0) is 11.2 Å². The van der Waals surface area contributed by atoms with Crippen molar-refractivity contribution in [3.05, 3.63) is 82.4 Å². The average Bonchev–Trinajstić information content (AvgIpc) is 2.74. The molecule has 1 saturated heterocycles. The number of benzene rings is 2. The first kappa shape index (κ1) is 22.9. The lowest BCUT2D eigenvalue weighted by Crippen LogP contribution is -2.55. The van der Waals surface area contributed by atoms with Crippen LogP contribution in [0.15, 0.2) is 61.2 Å². The van der Waals surface area contributed by atoms with Crippen LogP contribution in [0.4, 0.5) is 0 Å². The third-order valence-electron chi connectivity index (χ3n) is 6.79. The molecule has 2 aromatic carbocycles. The molecule has 0 bridgehead atoms. The Labute approximate surface area is 190 Å². The van der Waals surface area contributed by atoms with E-state index in [1.165, 1.54) is 11.1 Å². The summed E-state index contributed by atoms with van der Waals surface area (Å²) in [5.41, 5.74) is 2.43. The summed E-state index contributed by atoms with van der Waals surface area (Å²) in [4.78, 5) is 12.9. The van der Waals surface area contributed by atoms with E-state index in [2.05, 4.69) is 50.0 Å². The van der Waals surface area contributed by atoms with E-state index in [9.17, 15) is 4.79 Å². The van der Waals surface area contributed by atoms with Crippen LogP contribution in [0.5, 0.6) is 0 Å². The lowest BCUT2D eigenvalue weighted by atomic mass is 9.65. The standard InChI is InChI=1S/C26H31Cl2NO/c1-4-7-20-17-23(19-8-6-9-22(28)16-19)24(29-25(20)30)26(3,5-2)15-14-18-10-12-21(27)13-11-18/h4,6,8-13,16,20,23-24H,1,5,7,14-15,17H2,2-3H3,(H,29,30)/t20-,23+,24-,26?/m0/s1. The highest BCUT2D eigenvalue weighted by Crippen LogP contribution is 2.44. The molecular weight excluding hydrogens is 413 g/mol. The van der Waals surface area contributed by atoms with E-state index < -0.39 is 0 Å². The second kappa shape index (κ2) is 10.0. The molecule has 1 amide bonds. The van der Waals surface area contributed by atoms with Crippen LogP contribution in [-0.4, -0.2) is 11.9 Å². The summed E-state index contributed by atoms with van der Waals surface area (Å²) < 4.78 is 0. The minimum Gasteiger partial charge on any atom is -0.352 e. The van der Waals surface area contributed by atoms with Crippen molar-refractivity contribution in [2.45, 2.75) is 57.9 Å². The predicted molar refractivity (Wildman–Crippen MR) is 127 cm³/mol. The molecule has 1 unspecified atom stereocenters. The predicted octanol–water partition coefficient (Wildman–Crippen LogP) is 7.21. The smallest absolute Gasteiger partial charge is 0.223 e. The zero-order valence-corrected chi connectivity index (χ0v) is 19.3. The van der Waals surface area contributed by atoms with Crippen LogP contribution < -0.4 is 5.32 Å². The first-order chi connectivity index (χ1) is 14.4. The highest BCUT2D eigenvalue weighted by atomic mass is 35.5. The summed E-state index contributed by atoms with van der Waals surface area (Å²) in [6.45, 7) is 8.37. The van der Waals surface area contributed by atoms with Gasteiger partial charge in [0.05, 0.1) is 0 Å². The van der Waals surface area contributed by atoms with Gasteiger partial charge in [-0.05, 0) is 72.9 Å². The van der Waals surface area contributed by atoms with E-state index in [0.717, 1.165) is 35.7 Å². The number of hydrogen-bond acceptors (Lipinski definition) is 1. The van der Waals surface area contributed by atoms with Crippen molar-refractivity contribution in [3.63, 3.8) is 0 Å². The van der Waals surface area contributed by atoms with Gasteiger partial charge in [0.1, 0.15) is 0 Å². The number of amides is 1. The molecule has 2 aromatic rings. The molecule has 3 rings (SSSR count). The molecule has 1 fully saturated rings. The third-order valence-corrected chi connectivity index (χ3v) is 7.28. The van der Waals surface area contributed by atoms with E-state index >= 15 is 0 Å². The van der Waals surface area contributed by atoms with Gasteiger partial charge in [0, 0.05) is 27.9 Å². The minimum atomic E-state index is -0.0416. The Morgan fingerprint density at radius 1 is 1.17 bits per heavy atom. The Morgan fingerprint density at radius 3 is 2.53 bits per heavy atom. The molecule has 1 aliphatic rings. The van der Waals surface area contributed by atoms with Gasteiger partial charge >= 0.3 is 0 Å². The molecular formula is C26H31Cl2NO. The Bertz CT molecular complexity index is 879. The Hall–Kier alpha value is -1.77. The van der Waals surface area contributed by atoms with Crippen LogP contribution in [0, 0.1) is 11.3 Å². The van der Waals surface area contributed by atoms with Gasteiger partial charge < -0.3 is 5.32 Å². The summed E-state index contributed by atoms with van der Waals surface area (Å²) in [7, 11) is 0. The van der Waals surface area contributed by atoms with E-state index in [1.54, 1.807) is 0 Å². The molecule has 30 heavy (non-hydrogen) atoms. The fourth-order valence-corrected chi connectivity index (χ4v) is 5.01. The normalized spacial score (nSPS) is 23.5. The van der Waals surface area contributed by atoms with Gasteiger partial charge in [-0.15, -0.1) is 6.58 Å². The quantitative estimate of drug-likeness (QED) is 0.429. The topological polar surface area (TPSA) is 29.1 Å². The van der Waals surface area contributed by atoms with Gasteiger partial charge in [-0.2, -0.15) is 0 Å². The summed E-state index contributed by atoms with van der Waals surface area (Å²) in [5.74, 6) is 0.325. The Balaban J connectivity index is 1.89. The van der Waals surface area contributed by atoms with Crippen molar-refractivity contribution in [1.82, 2.24) is 5.32 Å². The second-order valence-corrected chi connectivity index (χ2v) is 9.61. The molecule has 4 heteroatoms. The fraction of sp³-hybridized carbons (Fsp3) is 0.423. The Morgan fingerprint density at radius 2 is 1.90 bits per heavy atom. The zero-order chi connectivity index (χ0) is 21.7. The molecule has 1 aliphatic heterocycles. The van der Waals surface area contributed by atoms with Crippen molar-refractivity contribution in [3.8, 4) is 0 Å². The van der Waals surface area contributed by atoms with Crippen LogP contribution in [0.3, 0.4) is 0 Å². The monoisotopic (exact) mass is 443 g/mol. The lowest BCUT2D eigenvalue weighted by Gasteiger charge is -2.47. The SMILES string of the molecule is C=CC[C@H]1C[C@H](c2cccc(Cl)c2)[C@@H](C(C)(CC)CCc2ccc(Cl)cc2)NC1=O. The minimum absolute atomic E-state index is 0.0402. The van der Waals surface area contributed by atoms with E-state index in [1.807, 2.05) is 30.3 Å². The van der Waals surface area contributed by atoms with Gasteiger partial charge in [-0.1, -0.05) is 67.4 Å². The summed E-state index contributed by atoms with van der Waals surface area (Å²) in [6, 6.07) is 16.2. The highest BCUT2D eigenvalue weighted by Gasteiger charge is 2.44. The van der Waals surface area contributed by atoms with Gasteiger partial charge in [0.15, 0.2) is 0 Å². The van der Waals surface area contributed by atoms with E-state index in [4.69, 9.17) is 23.2 Å². The maximum Gasteiger partial charge on any atom is 0.223 e. The largest absolute Gasteiger partial charge is 0.352 e. The van der Waals surface area contributed by atoms with E-state index in [-0.39, 0.29) is 29.2 Å². The number of carbonyl (C=O) groups is 1. The molecule has 1 N–H and O–H groups in total. The fourth-order valence-electron chi connectivity index (χ4n) is 4.68. The molecule has 0 radical (unpaired) electrons. The van der Waals surface area contributed by atoms with Gasteiger partial charge in [-0.3, -0.25) is 4.79 Å². The van der Waals surface area contributed by atoms with Crippen LogP contribution in [0.2, 0.25) is 10.0 Å². The van der Waals surface area contributed by atoms with Gasteiger partial charge in [-0.25, -0.2) is 0 Å². The van der Waals surface area contributed by atoms with Crippen molar-refractivity contribution in [1.29, 1.82) is 0 Å². The van der Waals surface area contributed by atoms with Crippen molar-refractivity contribution >= 4 is 29.1 Å².